The number of carboxylic acids is 1. The molecule has 122 valence electrons. The molecule has 0 bridgehead atoms. The van der Waals surface area contributed by atoms with E-state index in [1.807, 2.05) is 0 Å². The summed E-state index contributed by atoms with van der Waals surface area (Å²) in [7, 11) is 1.54. The number of aryl methyl sites for hydroxylation is 1. The third kappa shape index (κ3) is 3.74. The molecular weight excluding hydrogens is 301 g/mol. The average Bonchev–Trinajstić information content (AvgIpc) is 2.89. The normalized spacial score (nSPS) is 12.0. The molecule has 2 aromatic rings. The van der Waals surface area contributed by atoms with Gasteiger partial charge in [-0.1, -0.05) is 6.92 Å². The molecular formula is C16H18FN3O3. The average molecular weight is 319 g/mol. The Labute approximate surface area is 133 Å². The van der Waals surface area contributed by atoms with E-state index >= 15 is 0 Å². The third-order valence-electron chi connectivity index (χ3n) is 3.49. The third-order valence-corrected chi connectivity index (χ3v) is 3.49. The molecule has 0 saturated heterocycles. The maximum absolute atomic E-state index is 13.0. The molecule has 6 nitrogen and oxygen atoms in total. The first-order valence-electron chi connectivity index (χ1n) is 7.10. The van der Waals surface area contributed by atoms with Crippen LogP contribution in [0.15, 0.2) is 30.3 Å². The van der Waals surface area contributed by atoms with E-state index in [-0.39, 0.29) is 24.0 Å². The predicted octanol–water partition coefficient (Wildman–Crippen LogP) is 2.11. The van der Waals surface area contributed by atoms with Gasteiger partial charge in [-0.3, -0.25) is 9.59 Å². The van der Waals surface area contributed by atoms with Crippen LogP contribution in [0.4, 0.5) is 4.39 Å². The highest BCUT2D eigenvalue weighted by Crippen LogP contribution is 2.14. The lowest BCUT2D eigenvalue weighted by Crippen LogP contribution is -2.34. The fourth-order valence-corrected chi connectivity index (χ4v) is 2.19. The number of benzene rings is 1. The first kappa shape index (κ1) is 16.7. The van der Waals surface area contributed by atoms with Crippen molar-refractivity contribution >= 4 is 11.9 Å². The van der Waals surface area contributed by atoms with Crippen LogP contribution in [0.2, 0.25) is 0 Å². The molecule has 0 radical (unpaired) electrons. The summed E-state index contributed by atoms with van der Waals surface area (Å²) in [6, 6.07) is 7.39. The van der Waals surface area contributed by atoms with E-state index in [0.29, 0.717) is 5.69 Å². The van der Waals surface area contributed by atoms with Gasteiger partial charge in [0.2, 0.25) is 0 Å². The van der Waals surface area contributed by atoms with Gasteiger partial charge in [-0.15, -0.1) is 0 Å². The number of carbonyl (C=O) groups excluding carboxylic acids is 1. The number of carbonyl (C=O) groups is 2. The van der Waals surface area contributed by atoms with E-state index < -0.39 is 11.9 Å². The van der Waals surface area contributed by atoms with Crippen LogP contribution in [0.1, 0.15) is 23.1 Å². The molecule has 0 aliphatic carbocycles. The predicted molar refractivity (Wildman–Crippen MR) is 82.0 cm³/mol. The minimum absolute atomic E-state index is 0.0939. The summed E-state index contributed by atoms with van der Waals surface area (Å²) in [5.74, 6) is -2.33. The molecule has 7 heteroatoms. The maximum Gasteiger partial charge on any atom is 0.308 e. The van der Waals surface area contributed by atoms with Crippen molar-refractivity contribution in [2.45, 2.75) is 13.8 Å². The maximum atomic E-state index is 13.0. The zero-order valence-electron chi connectivity index (χ0n) is 13.2. The first-order chi connectivity index (χ1) is 10.8. The van der Waals surface area contributed by atoms with E-state index in [9.17, 15) is 14.0 Å². The lowest BCUT2D eigenvalue weighted by molar-refractivity contribution is -0.141. The van der Waals surface area contributed by atoms with Crippen molar-refractivity contribution in [3.8, 4) is 5.69 Å². The Morgan fingerprint density at radius 1 is 1.35 bits per heavy atom. The summed E-state index contributed by atoms with van der Waals surface area (Å²) in [6.45, 7) is 3.41. The smallest absolute Gasteiger partial charge is 0.308 e. The van der Waals surface area contributed by atoms with Crippen molar-refractivity contribution in [2.24, 2.45) is 5.92 Å². The van der Waals surface area contributed by atoms with E-state index in [1.165, 1.54) is 31.0 Å². The van der Waals surface area contributed by atoms with E-state index in [1.54, 1.807) is 29.8 Å². The second-order valence-corrected chi connectivity index (χ2v) is 5.48. The number of nitrogens with zero attached hydrogens (tertiary/aromatic N) is 3. The summed E-state index contributed by atoms with van der Waals surface area (Å²) >= 11 is 0. The number of hydrogen-bond donors (Lipinski definition) is 1. The van der Waals surface area contributed by atoms with Crippen molar-refractivity contribution in [3.63, 3.8) is 0 Å². The zero-order chi connectivity index (χ0) is 17.1. The summed E-state index contributed by atoms with van der Waals surface area (Å²) in [5, 5.41) is 13.2. The topological polar surface area (TPSA) is 75.4 Å². The van der Waals surface area contributed by atoms with E-state index in [4.69, 9.17) is 5.11 Å². The van der Waals surface area contributed by atoms with Crippen LogP contribution >= 0.6 is 0 Å². The van der Waals surface area contributed by atoms with Crippen LogP contribution < -0.4 is 0 Å². The van der Waals surface area contributed by atoms with Gasteiger partial charge in [0.25, 0.3) is 5.91 Å². The molecule has 1 aromatic carbocycles. The summed E-state index contributed by atoms with van der Waals surface area (Å²) in [5.41, 5.74) is 1.58. The van der Waals surface area contributed by atoms with Gasteiger partial charge >= 0.3 is 5.97 Å². The first-order valence-corrected chi connectivity index (χ1v) is 7.10. The van der Waals surface area contributed by atoms with Crippen LogP contribution in [0.3, 0.4) is 0 Å². The Bertz CT molecular complexity index is 725. The summed E-state index contributed by atoms with van der Waals surface area (Å²) in [4.78, 5) is 24.6. The Hall–Kier alpha value is -2.70. The van der Waals surface area contributed by atoms with Crippen LogP contribution in [0, 0.1) is 18.7 Å². The number of amides is 1. The van der Waals surface area contributed by atoms with Gasteiger partial charge in [0.05, 0.1) is 11.6 Å². The van der Waals surface area contributed by atoms with Crippen LogP contribution in [-0.2, 0) is 4.79 Å². The summed E-state index contributed by atoms with van der Waals surface area (Å²) < 4.78 is 14.5. The molecule has 0 aliphatic heterocycles. The number of aliphatic carboxylic acids is 1. The molecule has 1 aromatic heterocycles. The molecule has 1 heterocycles. The molecule has 0 saturated carbocycles. The van der Waals surface area contributed by atoms with Crippen molar-refractivity contribution in [3.05, 3.63) is 47.5 Å². The molecule has 0 spiro atoms. The monoisotopic (exact) mass is 319 g/mol. The highest BCUT2D eigenvalue weighted by Gasteiger charge is 2.21. The molecule has 1 amide bonds. The van der Waals surface area contributed by atoms with E-state index in [2.05, 4.69) is 5.10 Å². The van der Waals surface area contributed by atoms with Crippen molar-refractivity contribution < 1.29 is 19.1 Å². The van der Waals surface area contributed by atoms with Gasteiger partial charge in [0.15, 0.2) is 5.69 Å². The minimum Gasteiger partial charge on any atom is -0.481 e. The summed E-state index contributed by atoms with van der Waals surface area (Å²) in [6.07, 6.45) is 0. The molecule has 0 aliphatic rings. The SMILES string of the molecule is Cc1cc(C(=O)N(C)CC(C)C(=O)O)nn1-c1ccc(F)cc1. The molecule has 0 fully saturated rings. The molecule has 1 atom stereocenters. The van der Waals surface area contributed by atoms with Gasteiger partial charge in [0.1, 0.15) is 5.82 Å². The van der Waals surface area contributed by atoms with Crippen LogP contribution in [0.5, 0.6) is 0 Å². The van der Waals surface area contributed by atoms with Gasteiger partial charge in [0, 0.05) is 19.3 Å². The van der Waals surface area contributed by atoms with Crippen LogP contribution in [-0.4, -0.2) is 45.3 Å². The Morgan fingerprint density at radius 3 is 2.52 bits per heavy atom. The van der Waals surface area contributed by atoms with Crippen molar-refractivity contribution in [1.82, 2.24) is 14.7 Å². The molecule has 23 heavy (non-hydrogen) atoms. The van der Waals surface area contributed by atoms with Gasteiger partial charge in [-0.2, -0.15) is 5.10 Å². The van der Waals surface area contributed by atoms with E-state index in [0.717, 1.165) is 5.69 Å². The number of rotatable bonds is 5. The standard InChI is InChI=1S/C16H18FN3O3/c1-10(16(22)23)9-19(3)15(21)14-8-11(2)20(18-14)13-6-4-12(17)5-7-13/h4-8,10H,9H2,1-3H3,(H,22,23). The van der Waals surface area contributed by atoms with Crippen LogP contribution in [0.25, 0.3) is 5.69 Å². The largest absolute Gasteiger partial charge is 0.481 e. The van der Waals surface area contributed by atoms with Gasteiger partial charge in [-0.25, -0.2) is 9.07 Å². The number of hydrogen-bond acceptors (Lipinski definition) is 3. The Kier molecular flexibility index (Phi) is 4.78. The number of halogens is 1. The molecule has 1 unspecified atom stereocenters. The molecule has 1 N–H and O–H groups in total. The second-order valence-electron chi connectivity index (χ2n) is 5.48. The Morgan fingerprint density at radius 2 is 1.96 bits per heavy atom. The number of aromatic nitrogens is 2. The number of carboxylic acid groups (broad SMARTS) is 1. The van der Waals surface area contributed by atoms with Gasteiger partial charge < -0.3 is 10.0 Å². The fourth-order valence-electron chi connectivity index (χ4n) is 2.19. The van der Waals surface area contributed by atoms with Crippen molar-refractivity contribution in [2.75, 3.05) is 13.6 Å². The Balaban J connectivity index is 2.21. The second kappa shape index (κ2) is 6.60. The van der Waals surface area contributed by atoms with Gasteiger partial charge in [-0.05, 0) is 37.3 Å². The lowest BCUT2D eigenvalue weighted by atomic mass is 10.1. The lowest BCUT2D eigenvalue weighted by Gasteiger charge is -2.18. The fraction of sp³-hybridized carbons (Fsp3) is 0.312. The zero-order valence-corrected chi connectivity index (χ0v) is 13.2. The quantitative estimate of drug-likeness (QED) is 0.916. The van der Waals surface area contributed by atoms with Crippen molar-refractivity contribution in [1.29, 1.82) is 0 Å². The highest BCUT2D eigenvalue weighted by molar-refractivity contribution is 5.92. The minimum atomic E-state index is -0.960. The highest BCUT2D eigenvalue weighted by atomic mass is 19.1. The molecule has 2 rings (SSSR count).